The number of carbonyl (C=O) groups excluding carboxylic acids is 1. The highest BCUT2D eigenvalue weighted by Crippen LogP contribution is 2.16. The van der Waals surface area contributed by atoms with Gasteiger partial charge in [-0.15, -0.1) is 11.3 Å². The molecular weight excluding hydrogens is 246 g/mol. The van der Waals surface area contributed by atoms with Crippen LogP contribution < -0.4 is 0 Å². The number of nitrogens with zero attached hydrogens (tertiary/aromatic N) is 1. The summed E-state index contributed by atoms with van der Waals surface area (Å²) in [5, 5.41) is 2.09. The Morgan fingerprint density at radius 1 is 1.56 bits per heavy atom. The number of morpholine rings is 1. The van der Waals surface area contributed by atoms with Crippen LogP contribution in [0.4, 0.5) is 0 Å². The average molecular weight is 267 g/mol. The normalized spacial score (nSPS) is 24.2. The standard InChI is InChI=1S/C14H21NO2S/c1-11-10-17-12(2)9-15(11)14(16)7-3-5-13-6-4-8-18-13/h4,6,8,11-12H,3,5,7,9-10H2,1-2H3/t11-,12+/m1/s1. The summed E-state index contributed by atoms with van der Waals surface area (Å²) < 4.78 is 5.54. The third-order valence-corrected chi connectivity index (χ3v) is 4.26. The lowest BCUT2D eigenvalue weighted by Gasteiger charge is -2.36. The van der Waals surface area contributed by atoms with Crippen molar-refractivity contribution >= 4 is 17.2 Å². The van der Waals surface area contributed by atoms with Crippen LogP contribution in [0, 0.1) is 0 Å². The molecule has 0 unspecified atom stereocenters. The molecule has 0 aromatic carbocycles. The van der Waals surface area contributed by atoms with E-state index in [1.165, 1.54) is 4.88 Å². The molecule has 1 aliphatic rings. The van der Waals surface area contributed by atoms with Gasteiger partial charge in [-0.1, -0.05) is 6.07 Å². The van der Waals surface area contributed by atoms with Crippen LogP contribution in [-0.2, 0) is 16.0 Å². The Labute approximate surface area is 113 Å². The fourth-order valence-electron chi connectivity index (χ4n) is 2.26. The van der Waals surface area contributed by atoms with Crippen LogP contribution in [0.1, 0.15) is 31.6 Å². The predicted molar refractivity (Wildman–Crippen MR) is 73.8 cm³/mol. The van der Waals surface area contributed by atoms with E-state index in [1.807, 2.05) is 11.8 Å². The number of carbonyl (C=O) groups is 1. The van der Waals surface area contributed by atoms with Crippen LogP contribution in [0.2, 0.25) is 0 Å². The Balaban J connectivity index is 1.76. The molecule has 2 heterocycles. The third kappa shape index (κ3) is 3.56. The molecule has 0 spiro atoms. The number of hydrogen-bond donors (Lipinski definition) is 0. The van der Waals surface area contributed by atoms with Crippen molar-refractivity contribution in [2.45, 2.75) is 45.3 Å². The van der Waals surface area contributed by atoms with E-state index < -0.39 is 0 Å². The summed E-state index contributed by atoms with van der Waals surface area (Å²) in [6.07, 6.45) is 2.77. The summed E-state index contributed by atoms with van der Waals surface area (Å²) in [6, 6.07) is 4.41. The third-order valence-electron chi connectivity index (χ3n) is 3.32. The number of hydrogen-bond acceptors (Lipinski definition) is 3. The largest absolute Gasteiger partial charge is 0.375 e. The lowest BCUT2D eigenvalue weighted by Crippen LogP contribution is -2.50. The average Bonchev–Trinajstić information content (AvgIpc) is 2.85. The molecule has 3 nitrogen and oxygen atoms in total. The molecule has 1 saturated heterocycles. The molecule has 4 heteroatoms. The summed E-state index contributed by atoms with van der Waals surface area (Å²) >= 11 is 1.77. The Kier molecular flexibility index (Phi) is 4.78. The topological polar surface area (TPSA) is 29.5 Å². The molecule has 1 fully saturated rings. The minimum atomic E-state index is 0.169. The molecule has 0 N–H and O–H groups in total. The first-order chi connectivity index (χ1) is 8.66. The molecule has 100 valence electrons. The second-order valence-corrected chi connectivity index (χ2v) is 6.00. The summed E-state index contributed by atoms with van der Waals surface area (Å²) in [7, 11) is 0. The van der Waals surface area contributed by atoms with E-state index in [0.29, 0.717) is 13.0 Å². The molecular formula is C14H21NO2S. The van der Waals surface area contributed by atoms with Crippen molar-refractivity contribution in [2.24, 2.45) is 0 Å². The Morgan fingerprint density at radius 3 is 3.11 bits per heavy atom. The van der Waals surface area contributed by atoms with Gasteiger partial charge in [-0.25, -0.2) is 0 Å². The van der Waals surface area contributed by atoms with E-state index in [0.717, 1.165) is 19.4 Å². The highest BCUT2D eigenvalue weighted by atomic mass is 32.1. The number of rotatable bonds is 4. The van der Waals surface area contributed by atoms with Crippen LogP contribution >= 0.6 is 11.3 Å². The van der Waals surface area contributed by atoms with E-state index in [-0.39, 0.29) is 18.1 Å². The zero-order valence-corrected chi connectivity index (χ0v) is 11.9. The van der Waals surface area contributed by atoms with Crippen molar-refractivity contribution < 1.29 is 9.53 Å². The Hall–Kier alpha value is -0.870. The fraction of sp³-hybridized carbons (Fsp3) is 0.643. The first-order valence-corrected chi connectivity index (χ1v) is 7.48. The van der Waals surface area contributed by atoms with E-state index in [4.69, 9.17) is 4.74 Å². The smallest absolute Gasteiger partial charge is 0.222 e. The quantitative estimate of drug-likeness (QED) is 0.839. The van der Waals surface area contributed by atoms with Gasteiger partial charge in [0.25, 0.3) is 0 Å². The van der Waals surface area contributed by atoms with Crippen LogP contribution in [0.5, 0.6) is 0 Å². The van der Waals surface area contributed by atoms with Gasteiger partial charge in [0.15, 0.2) is 0 Å². The van der Waals surface area contributed by atoms with Crippen molar-refractivity contribution in [3.05, 3.63) is 22.4 Å². The summed E-state index contributed by atoms with van der Waals surface area (Å²) in [6.45, 7) is 5.48. The zero-order valence-electron chi connectivity index (χ0n) is 11.1. The van der Waals surface area contributed by atoms with Crippen LogP contribution in [0.3, 0.4) is 0 Å². The van der Waals surface area contributed by atoms with Gasteiger partial charge in [0.1, 0.15) is 0 Å². The van der Waals surface area contributed by atoms with Crippen molar-refractivity contribution in [1.29, 1.82) is 0 Å². The monoisotopic (exact) mass is 267 g/mol. The number of aryl methyl sites for hydroxylation is 1. The molecule has 2 rings (SSSR count). The maximum atomic E-state index is 12.2. The van der Waals surface area contributed by atoms with Crippen LogP contribution in [0.15, 0.2) is 17.5 Å². The molecule has 0 aliphatic carbocycles. The molecule has 1 aromatic rings. The molecule has 2 atom stereocenters. The number of amides is 1. The minimum absolute atomic E-state index is 0.169. The fourth-order valence-corrected chi connectivity index (χ4v) is 3.01. The molecule has 0 bridgehead atoms. The molecule has 1 amide bonds. The Morgan fingerprint density at radius 2 is 2.39 bits per heavy atom. The van der Waals surface area contributed by atoms with Crippen molar-refractivity contribution in [3.63, 3.8) is 0 Å². The predicted octanol–water partition coefficient (Wildman–Crippen LogP) is 2.71. The summed E-state index contributed by atoms with van der Waals surface area (Å²) in [4.78, 5) is 15.5. The highest BCUT2D eigenvalue weighted by Gasteiger charge is 2.26. The molecule has 1 aliphatic heterocycles. The van der Waals surface area contributed by atoms with Gasteiger partial charge in [-0.05, 0) is 38.1 Å². The van der Waals surface area contributed by atoms with Crippen LogP contribution in [-0.4, -0.2) is 36.1 Å². The SMILES string of the molecule is C[C@@H]1CO[C@@H](C)CN1C(=O)CCCc1cccs1. The van der Waals surface area contributed by atoms with Gasteiger partial charge < -0.3 is 9.64 Å². The van der Waals surface area contributed by atoms with Gasteiger partial charge in [-0.2, -0.15) is 0 Å². The maximum Gasteiger partial charge on any atom is 0.222 e. The number of thiophene rings is 1. The lowest BCUT2D eigenvalue weighted by atomic mass is 10.1. The van der Waals surface area contributed by atoms with Crippen LogP contribution in [0.25, 0.3) is 0 Å². The van der Waals surface area contributed by atoms with Crippen molar-refractivity contribution in [1.82, 2.24) is 4.90 Å². The second kappa shape index (κ2) is 6.34. The lowest BCUT2D eigenvalue weighted by molar-refractivity contribution is -0.143. The van der Waals surface area contributed by atoms with Crippen molar-refractivity contribution in [2.75, 3.05) is 13.2 Å². The molecule has 1 aromatic heterocycles. The van der Waals surface area contributed by atoms with Gasteiger partial charge in [0.2, 0.25) is 5.91 Å². The zero-order chi connectivity index (χ0) is 13.0. The maximum absolute atomic E-state index is 12.2. The first-order valence-electron chi connectivity index (χ1n) is 6.60. The second-order valence-electron chi connectivity index (χ2n) is 4.97. The van der Waals surface area contributed by atoms with E-state index in [2.05, 4.69) is 24.4 Å². The molecule has 18 heavy (non-hydrogen) atoms. The minimum Gasteiger partial charge on any atom is -0.375 e. The van der Waals surface area contributed by atoms with Gasteiger partial charge >= 0.3 is 0 Å². The van der Waals surface area contributed by atoms with Gasteiger partial charge in [0, 0.05) is 17.8 Å². The van der Waals surface area contributed by atoms with E-state index >= 15 is 0 Å². The first kappa shape index (κ1) is 13.6. The molecule has 0 saturated carbocycles. The molecule has 0 radical (unpaired) electrons. The van der Waals surface area contributed by atoms with Gasteiger partial charge in [0.05, 0.1) is 18.8 Å². The highest BCUT2D eigenvalue weighted by molar-refractivity contribution is 7.09. The Bertz CT molecular complexity index is 377. The van der Waals surface area contributed by atoms with E-state index in [9.17, 15) is 4.79 Å². The summed E-state index contributed by atoms with van der Waals surface area (Å²) in [5.41, 5.74) is 0. The summed E-state index contributed by atoms with van der Waals surface area (Å²) in [5.74, 6) is 0.272. The van der Waals surface area contributed by atoms with Gasteiger partial charge in [-0.3, -0.25) is 4.79 Å². The van der Waals surface area contributed by atoms with E-state index in [1.54, 1.807) is 11.3 Å². The van der Waals surface area contributed by atoms with Crippen molar-refractivity contribution in [3.8, 4) is 0 Å². The number of ether oxygens (including phenoxy) is 1.